The van der Waals surface area contributed by atoms with Crippen molar-refractivity contribution in [3.05, 3.63) is 34.9 Å². The second-order valence-electron chi connectivity index (χ2n) is 10.1. The van der Waals surface area contributed by atoms with Gasteiger partial charge in [0.1, 0.15) is 0 Å². The van der Waals surface area contributed by atoms with Gasteiger partial charge in [0.05, 0.1) is 11.6 Å². The molecule has 0 aromatic rings. The molecule has 4 rings (SSSR count). The maximum Gasteiger partial charge on any atom is 0.251 e. The van der Waals surface area contributed by atoms with E-state index >= 15 is 0 Å². The molecule has 3 aliphatic carbocycles. The summed E-state index contributed by atoms with van der Waals surface area (Å²) in [6, 6.07) is -0.336. The second-order valence-corrected chi connectivity index (χ2v) is 10.5. The highest BCUT2D eigenvalue weighted by molar-refractivity contribution is 6.31. The van der Waals surface area contributed by atoms with Crippen LogP contribution in [0.5, 0.6) is 0 Å². The molecular formula is C26H42ClN3O2. The lowest BCUT2D eigenvalue weighted by Gasteiger charge is -2.43. The summed E-state index contributed by atoms with van der Waals surface area (Å²) in [5.41, 5.74) is 6.42. The number of hydrogen-bond donors (Lipinski definition) is 3. The summed E-state index contributed by atoms with van der Waals surface area (Å²) in [5.74, 6) is 1.53. The number of piperidine rings is 1. The molecule has 0 aromatic heterocycles. The van der Waals surface area contributed by atoms with Crippen molar-refractivity contribution in [3.8, 4) is 0 Å². The van der Waals surface area contributed by atoms with Gasteiger partial charge < -0.3 is 21.1 Å². The van der Waals surface area contributed by atoms with Crippen molar-refractivity contribution in [2.24, 2.45) is 17.6 Å². The van der Waals surface area contributed by atoms with Gasteiger partial charge in [0.2, 0.25) is 0 Å². The van der Waals surface area contributed by atoms with Crippen LogP contribution < -0.4 is 11.1 Å². The molecule has 1 heterocycles. The highest BCUT2D eigenvalue weighted by atomic mass is 35.5. The molecular weight excluding hydrogens is 422 g/mol. The third-order valence-electron chi connectivity index (χ3n) is 7.42. The van der Waals surface area contributed by atoms with Crippen LogP contribution in [0, 0.1) is 11.8 Å². The van der Waals surface area contributed by atoms with E-state index < -0.39 is 0 Å². The van der Waals surface area contributed by atoms with Crippen LogP contribution in [-0.4, -0.2) is 53.7 Å². The zero-order valence-electron chi connectivity index (χ0n) is 19.7. The summed E-state index contributed by atoms with van der Waals surface area (Å²) in [7, 11) is 0. The van der Waals surface area contributed by atoms with Crippen LogP contribution in [-0.2, 0) is 4.79 Å². The van der Waals surface area contributed by atoms with Crippen molar-refractivity contribution < 1.29 is 9.90 Å². The topological polar surface area (TPSA) is 78.6 Å². The Balaban J connectivity index is 0.000000509. The van der Waals surface area contributed by atoms with Gasteiger partial charge >= 0.3 is 0 Å². The van der Waals surface area contributed by atoms with Gasteiger partial charge in [-0.05, 0) is 75.6 Å². The maximum atomic E-state index is 13.0. The molecule has 1 atom stereocenters. The van der Waals surface area contributed by atoms with Gasteiger partial charge in [0.15, 0.2) is 0 Å². The summed E-state index contributed by atoms with van der Waals surface area (Å²) in [6.45, 7) is 5.99. The number of aliphatic hydroxyl groups is 1. The molecule has 5 nitrogen and oxygen atoms in total. The predicted molar refractivity (Wildman–Crippen MR) is 132 cm³/mol. The molecule has 32 heavy (non-hydrogen) atoms. The normalized spacial score (nSPS) is 26.3. The van der Waals surface area contributed by atoms with E-state index in [0.29, 0.717) is 23.1 Å². The summed E-state index contributed by atoms with van der Waals surface area (Å²) in [6.07, 6.45) is 19.3. The quantitative estimate of drug-likeness (QED) is 0.549. The van der Waals surface area contributed by atoms with Crippen LogP contribution in [0.2, 0.25) is 0 Å². The number of nitrogens with two attached hydrogens (primary N) is 1. The molecule has 1 aliphatic heterocycles. The number of halogens is 1. The molecule has 1 unspecified atom stereocenters. The lowest BCUT2D eigenvalue weighted by Crippen LogP contribution is -2.57. The molecule has 0 bridgehead atoms. The average Bonchev–Trinajstić information content (AvgIpc) is 3.65. The molecule has 1 amide bonds. The fourth-order valence-corrected chi connectivity index (χ4v) is 5.14. The summed E-state index contributed by atoms with van der Waals surface area (Å²) in [5, 5.41) is 12.1. The fraction of sp³-hybridized carbons (Fsp3) is 0.731. The predicted octanol–water partition coefficient (Wildman–Crippen LogP) is 4.26. The Labute approximate surface area is 199 Å². The highest BCUT2D eigenvalue weighted by Gasteiger charge is 2.36. The number of hydrogen-bond acceptors (Lipinski definition) is 4. The monoisotopic (exact) mass is 463 g/mol. The highest BCUT2D eigenvalue weighted by Crippen LogP contribution is 2.31. The van der Waals surface area contributed by atoms with Crippen LogP contribution in [0.15, 0.2) is 34.9 Å². The Bertz CT molecular complexity index is 700. The van der Waals surface area contributed by atoms with E-state index in [1.165, 1.54) is 51.4 Å². The number of amides is 1. The minimum absolute atomic E-state index is 0.0303. The molecule has 0 spiro atoms. The van der Waals surface area contributed by atoms with Crippen molar-refractivity contribution >= 4 is 17.5 Å². The molecule has 3 fully saturated rings. The van der Waals surface area contributed by atoms with E-state index in [-0.39, 0.29) is 17.5 Å². The number of nitrogens with zero attached hydrogens (tertiary/aromatic N) is 1. The lowest BCUT2D eigenvalue weighted by atomic mass is 9.80. The molecule has 0 aromatic carbocycles. The summed E-state index contributed by atoms with van der Waals surface area (Å²) in [4.78, 5) is 15.6. The van der Waals surface area contributed by atoms with Crippen LogP contribution in [0.1, 0.15) is 71.1 Å². The number of rotatable bonds is 6. The van der Waals surface area contributed by atoms with Crippen molar-refractivity contribution in [1.82, 2.24) is 10.2 Å². The molecule has 0 radical (unpaired) electrons. The SMILES string of the molecule is CCC1CCN(CC2(NC(=O)C3=CC=CC(N)C(Cl)=C3)CCCCC2)CC1.OCC1CC1. The molecule has 4 aliphatic rings. The van der Waals surface area contributed by atoms with Gasteiger partial charge in [-0.2, -0.15) is 0 Å². The van der Waals surface area contributed by atoms with Crippen molar-refractivity contribution in [2.75, 3.05) is 26.2 Å². The molecule has 4 N–H and O–H groups in total. The van der Waals surface area contributed by atoms with Crippen molar-refractivity contribution in [2.45, 2.75) is 82.7 Å². The van der Waals surface area contributed by atoms with E-state index in [4.69, 9.17) is 22.4 Å². The Morgan fingerprint density at radius 3 is 2.44 bits per heavy atom. The molecule has 1 saturated heterocycles. The van der Waals surface area contributed by atoms with Crippen LogP contribution in [0.3, 0.4) is 0 Å². The number of nitrogens with one attached hydrogen (secondary N) is 1. The number of carbonyl (C=O) groups excluding carboxylic acids is 1. The Morgan fingerprint density at radius 2 is 1.88 bits per heavy atom. The Hall–Kier alpha value is -1.14. The third-order valence-corrected chi connectivity index (χ3v) is 7.78. The summed E-state index contributed by atoms with van der Waals surface area (Å²) < 4.78 is 0. The van der Waals surface area contributed by atoms with E-state index in [9.17, 15) is 4.79 Å². The largest absolute Gasteiger partial charge is 0.396 e. The molecule has 6 heteroatoms. The minimum Gasteiger partial charge on any atom is -0.396 e. The summed E-state index contributed by atoms with van der Waals surface area (Å²) >= 11 is 6.23. The van der Waals surface area contributed by atoms with Gasteiger partial charge in [-0.3, -0.25) is 4.79 Å². The van der Waals surface area contributed by atoms with E-state index in [1.807, 2.05) is 18.2 Å². The van der Waals surface area contributed by atoms with E-state index in [2.05, 4.69) is 17.1 Å². The first-order chi connectivity index (χ1) is 15.4. The fourth-order valence-electron chi connectivity index (χ4n) is 4.95. The second kappa shape index (κ2) is 12.4. The average molecular weight is 464 g/mol. The number of aliphatic hydroxyl groups excluding tert-OH is 1. The van der Waals surface area contributed by atoms with Crippen molar-refractivity contribution in [3.63, 3.8) is 0 Å². The first kappa shape index (κ1) is 25.5. The standard InChI is InChI=1S/C22H34ClN3O.C4H8O/c1-2-17-9-13-26(14-10-17)16-22(11-4-3-5-12-22)25-21(27)18-7-6-8-20(24)19(23)15-18;5-3-4-1-2-4/h6-8,15,17,20H,2-5,9-14,16,24H2,1H3,(H,25,27);4-5H,1-3H2. The first-order valence-corrected chi connectivity index (χ1v) is 13.0. The van der Waals surface area contributed by atoms with Crippen LogP contribution in [0.25, 0.3) is 0 Å². The zero-order chi connectivity index (χ0) is 23.0. The van der Waals surface area contributed by atoms with Crippen LogP contribution >= 0.6 is 11.6 Å². The molecule has 180 valence electrons. The van der Waals surface area contributed by atoms with E-state index in [0.717, 1.165) is 38.4 Å². The maximum absolute atomic E-state index is 13.0. The Morgan fingerprint density at radius 1 is 1.19 bits per heavy atom. The van der Waals surface area contributed by atoms with Crippen LogP contribution in [0.4, 0.5) is 0 Å². The van der Waals surface area contributed by atoms with Gasteiger partial charge in [-0.25, -0.2) is 0 Å². The first-order valence-electron chi connectivity index (χ1n) is 12.6. The van der Waals surface area contributed by atoms with Crippen molar-refractivity contribution in [1.29, 1.82) is 0 Å². The van der Waals surface area contributed by atoms with Gasteiger partial charge in [-0.1, -0.05) is 56.4 Å². The number of carbonyl (C=O) groups is 1. The minimum atomic E-state index is -0.336. The smallest absolute Gasteiger partial charge is 0.251 e. The van der Waals surface area contributed by atoms with Gasteiger partial charge in [0.25, 0.3) is 5.91 Å². The zero-order valence-corrected chi connectivity index (χ0v) is 20.5. The van der Waals surface area contributed by atoms with Gasteiger partial charge in [-0.15, -0.1) is 0 Å². The number of likely N-dealkylation sites (tertiary alicyclic amines) is 1. The van der Waals surface area contributed by atoms with E-state index in [1.54, 1.807) is 6.08 Å². The van der Waals surface area contributed by atoms with Gasteiger partial charge in [0, 0.05) is 23.8 Å². The molecule has 2 saturated carbocycles. The number of allylic oxidation sites excluding steroid dienone is 2. The lowest BCUT2D eigenvalue weighted by molar-refractivity contribution is -0.119. The Kier molecular flexibility index (Phi) is 9.84. The third kappa shape index (κ3) is 7.72.